The maximum atomic E-state index is 6.13. The van der Waals surface area contributed by atoms with Crippen molar-refractivity contribution in [1.82, 2.24) is 0 Å². The predicted molar refractivity (Wildman–Crippen MR) is 74.8 cm³/mol. The Morgan fingerprint density at radius 2 is 2.29 bits per heavy atom. The van der Waals surface area contributed by atoms with Gasteiger partial charge in [0.1, 0.15) is 0 Å². The first kappa shape index (κ1) is 13.1. The Bertz CT molecular complexity index is 408. The Kier molecular flexibility index (Phi) is 3.91. The van der Waals surface area contributed by atoms with Crippen LogP contribution in [0.5, 0.6) is 0 Å². The van der Waals surface area contributed by atoms with Crippen LogP contribution in [-0.2, 0) is 4.74 Å². The Labute approximate surface area is 112 Å². The fourth-order valence-corrected chi connectivity index (χ4v) is 3.33. The van der Waals surface area contributed by atoms with Crippen LogP contribution in [0.4, 0.5) is 5.69 Å². The monoisotopic (exact) mass is 271 g/mol. The molecule has 2 nitrogen and oxygen atoms in total. The minimum Gasteiger partial charge on any atom is -0.399 e. The van der Waals surface area contributed by atoms with E-state index in [0.29, 0.717) is 11.8 Å². The molecule has 1 atom stereocenters. The molecule has 1 unspecified atom stereocenters. The molecule has 1 saturated heterocycles. The van der Waals surface area contributed by atoms with Crippen molar-refractivity contribution in [3.8, 4) is 0 Å². The van der Waals surface area contributed by atoms with Crippen LogP contribution in [0.25, 0.3) is 0 Å². The van der Waals surface area contributed by atoms with Gasteiger partial charge in [-0.3, -0.25) is 0 Å². The first-order chi connectivity index (χ1) is 7.96. The highest BCUT2D eigenvalue weighted by Crippen LogP contribution is 2.35. The fraction of sp³-hybridized carbons (Fsp3) is 0.538. The van der Waals surface area contributed by atoms with E-state index in [4.69, 9.17) is 22.1 Å². The number of ether oxygens (including phenoxy) is 1. The van der Waals surface area contributed by atoms with Crippen LogP contribution in [0.15, 0.2) is 23.1 Å². The van der Waals surface area contributed by atoms with Crippen LogP contribution in [0.3, 0.4) is 0 Å². The normalized spacial score (nSPS) is 22.9. The van der Waals surface area contributed by atoms with E-state index in [0.717, 1.165) is 28.5 Å². The van der Waals surface area contributed by atoms with Crippen molar-refractivity contribution in [3.63, 3.8) is 0 Å². The quantitative estimate of drug-likeness (QED) is 0.667. The molecule has 0 radical (unpaired) electrons. The van der Waals surface area contributed by atoms with Crippen LogP contribution in [0.2, 0.25) is 5.02 Å². The van der Waals surface area contributed by atoms with Gasteiger partial charge in [0.15, 0.2) is 0 Å². The number of nitrogen functional groups attached to an aromatic ring is 1. The smallest absolute Gasteiger partial charge is 0.0677 e. The Morgan fingerprint density at radius 3 is 2.88 bits per heavy atom. The lowest BCUT2D eigenvalue weighted by molar-refractivity contribution is -0.00466. The molecule has 2 rings (SSSR count). The molecule has 1 aliphatic heterocycles. The summed E-state index contributed by atoms with van der Waals surface area (Å²) < 4.78 is 5.95. The van der Waals surface area contributed by atoms with Gasteiger partial charge in [0.25, 0.3) is 0 Å². The van der Waals surface area contributed by atoms with Crippen LogP contribution in [-0.4, -0.2) is 17.5 Å². The molecule has 94 valence electrons. The van der Waals surface area contributed by atoms with Gasteiger partial charge in [-0.2, -0.15) is 0 Å². The number of benzene rings is 1. The van der Waals surface area contributed by atoms with Crippen LogP contribution < -0.4 is 5.73 Å². The molecule has 1 aromatic carbocycles. The summed E-state index contributed by atoms with van der Waals surface area (Å²) in [5.74, 6) is 0.951. The highest BCUT2D eigenvalue weighted by molar-refractivity contribution is 7.99. The summed E-state index contributed by atoms with van der Waals surface area (Å²) in [5.41, 5.74) is 6.41. The molecule has 0 bridgehead atoms. The van der Waals surface area contributed by atoms with Gasteiger partial charge in [-0.1, -0.05) is 11.6 Å². The van der Waals surface area contributed by atoms with Gasteiger partial charge in [0, 0.05) is 16.3 Å². The van der Waals surface area contributed by atoms with E-state index in [-0.39, 0.29) is 5.60 Å². The Morgan fingerprint density at radius 1 is 1.53 bits per heavy atom. The third kappa shape index (κ3) is 3.54. The topological polar surface area (TPSA) is 35.2 Å². The molecule has 17 heavy (non-hydrogen) atoms. The zero-order valence-corrected chi connectivity index (χ0v) is 11.8. The van der Waals surface area contributed by atoms with E-state index in [1.165, 1.54) is 0 Å². The second-order valence-corrected chi connectivity index (χ2v) is 6.51. The minimum absolute atomic E-state index is 0.0378. The van der Waals surface area contributed by atoms with Crippen LogP contribution in [0, 0.1) is 0 Å². The molecule has 0 aliphatic carbocycles. The van der Waals surface area contributed by atoms with Gasteiger partial charge < -0.3 is 10.5 Å². The van der Waals surface area contributed by atoms with Gasteiger partial charge >= 0.3 is 0 Å². The Balaban J connectivity index is 1.90. The second kappa shape index (κ2) is 5.09. The summed E-state index contributed by atoms with van der Waals surface area (Å²) in [6, 6.07) is 5.65. The second-order valence-electron chi connectivity index (χ2n) is 5.04. The number of anilines is 1. The maximum Gasteiger partial charge on any atom is 0.0677 e. The summed E-state index contributed by atoms with van der Waals surface area (Å²) in [5, 5.41) is 0.729. The van der Waals surface area contributed by atoms with Gasteiger partial charge in [-0.25, -0.2) is 0 Å². The number of halogens is 1. The van der Waals surface area contributed by atoms with E-state index in [2.05, 4.69) is 13.8 Å². The summed E-state index contributed by atoms with van der Waals surface area (Å²) >= 11 is 7.87. The van der Waals surface area contributed by atoms with E-state index < -0.39 is 0 Å². The van der Waals surface area contributed by atoms with E-state index >= 15 is 0 Å². The summed E-state index contributed by atoms with van der Waals surface area (Å²) in [7, 11) is 0. The molecule has 0 saturated carbocycles. The molecular weight excluding hydrogens is 254 g/mol. The lowest BCUT2D eigenvalue weighted by atomic mass is 10.1. The Hall–Kier alpha value is -0.380. The average molecular weight is 272 g/mol. The van der Waals surface area contributed by atoms with Crippen molar-refractivity contribution < 1.29 is 4.74 Å². The molecule has 2 N–H and O–H groups in total. The van der Waals surface area contributed by atoms with Crippen molar-refractivity contribution >= 4 is 29.1 Å². The van der Waals surface area contributed by atoms with Gasteiger partial charge in [0.2, 0.25) is 0 Å². The number of hydrogen-bond acceptors (Lipinski definition) is 3. The largest absolute Gasteiger partial charge is 0.399 e. The van der Waals surface area contributed by atoms with E-state index in [1.807, 2.05) is 12.1 Å². The highest BCUT2D eigenvalue weighted by atomic mass is 35.5. The number of rotatable bonds is 3. The third-order valence-electron chi connectivity index (χ3n) is 2.93. The predicted octanol–water partition coefficient (Wildman–Crippen LogP) is 3.97. The van der Waals surface area contributed by atoms with Gasteiger partial charge in [0.05, 0.1) is 16.7 Å². The summed E-state index contributed by atoms with van der Waals surface area (Å²) in [4.78, 5) is 1.08. The standard InChI is InChI=1S/C13H18ClNOS/c1-13(2)6-5-10(16-13)8-17-12-4-3-9(15)7-11(12)14/h3-4,7,10H,5-6,8,15H2,1-2H3. The first-order valence-electron chi connectivity index (χ1n) is 5.82. The van der Waals surface area contributed by atoms with Gasteiger partial charge in [-0.05, 0) is 44.9 Å². The SMILES string of the molecule is CC1(C)CCC(CSc2ccc(N)cc2Cl)O1. The first-order valence-corrected chi connectivity index (χ1v) is 7.18. The lowest BCUT2D eigenvalue weighted by Gasteiger charge is -2.19. The van der Waals surface area contributed by atoms with Crippen LogP contribution >= 0.6 is 23.4 Å². The van der Waals surface area contributed by atoms with Crippen molar-refractivity contribution in [2.24, 2.45) is 0 Å². The third-order valence-corrected chi connectivity index (χ3v) is 4.56. The lowest BCUT2D eigenvalue weighted by Crippen LogP contribution is -2.21. The molecule has 1 aromatic rings. The van der Waals surface area contributed by atoms with Crippen molar-refractivity contribution in [3.05, 3.63) is 23.2 Å². The summed E-state index contributed by atoms with van der Waals surface area (Å²) in [6.45, 7) is 4.29. The van der Waals surface area contributed by atoms with Crippen molar-refractivity contribution in [1.29, 1.82) is 0 Å². The fourth-order valence-electron chi connectivity index (χ4n) is 2.01. The van der Waals surface area contributed by atoms with Crippen LogP contribution in [0.1, 0.15) is 26.7 Å². The molecule has 0 amide bonds. The number of nitrogens with two attached hydrogens (primary N) is 1. The highest BCUT2D eigenvalue weighted by Gasteiger charge is 2.31. The zero-order valence-electron chi connectivity index (χ0n) is 10.2. The summed E-state index contributed by atoms with van der Waals surface area (Å²) in [6.07, 6.45) is 2.60. The molecule has 1 aliphatic rings. The van der Waals surface area contributed by atoms with Gasteiger partial charge in [-0.15, -0.1) is 11.8 Å². The van der Waals surface area contributed by atoms with Crippen molar-refractivity contribution in [2.45, 2.75) is 43.3 Å². The van der Waals surface area contributed by atoms with E-state index in [1.54, 1.807) is 17.8 Å². The van der Waals surface area contributed by atoms with Crippen molar-refractivity contribution in [2.75, 3.05) is 11.5 Å². The maximum absolute atomic E-state index is 6.13. The molecular formula is C13H18ClNOS. The molecule has 4 heteroatoms. The van der Waals surface area contributed by atoms with E-state index in [9.17, 15) is 0 Å². The molecule has 1 fully saturated rings. The number of thioether (sulfide) groups is 1. The average Bonchev–Trinajstić information content (AvgIpc) is 2.57. The minimum atomic E-state index is 0.0378. The molecule has 0 aromatic heterocycles. The molecule has 0 spiro atoms. The number of hydrogen-bond donors (Lipinski definition) is 1. The molecule has 1 heterocycles. The zero-order chi connectivity index (χ0) is 12.5.